The van der Waals surface area contributed by atoms with E-state index in [0.717, 1.165) is 6.42 Å². The van der Waals surface area contributed by atoms with E-state index in [1.165, 1.54) is 0 Å². The molecule has 2 saturated carbocycles. The topological polar surface area (TPSA) is 359 Å². The summed E-state index contributed by atoms with van der Waals surface area (Å²) in [6.07, 6.45) is 2.70. The Hall–Kier alpha value is -0.870. The van der Waals surface area contributed by atoms with Crippen LogP contribution in [0.3, 0.4) is 0 Å². The second-order valence-electron chi connectivity index (χ2n) is 34.3. The van der Waals surface area contributed by atoms with Crippen LogP contribution >= 0.6 is 0 Å². The van der Waals surface area contributed by atoms with E-state index in [-0.39, 0.29) is 152 Å². The summed E-state index contributed by atoms with van der Waals surface area (Å²) in [4.78, 5) is 0. The summed E-state index contributed by atoms with van der Waals surface area (Å²) in [5.74, 6) is 1.34. The second kappa shape index (κ2) is 19.9. The van der Waals surface area contributed by atoms with Crippen LogP contribution in [0, 0.1) is 57.2 Å². The van der Waals surface area contributed by atoms with E-state index in [0.29, 0.717) is 44.4 Å². The molecule has 34 unspecified atom stereocenters. The third-order valence-corrected chi connectivity index (χ3v) is 42.1. The molecule has 27 nitrogen and oxygen atoms in total. The Morgan fingerprint density at radius 3 is 1.45 bits per heavy atom. The highest BCUT2D eigenvalue weighted by Crippen LogP contribution is 2.82. The molecular weight excluding hydrogens is 1390 g/mol. The van der Waals surface area contributed by atoms with Crippen molar-refractivity contribution in [1.29, 1.82) is 0 Å². The predicted octanol–water partition coefficient (Wildman–Crippen LogP) is 4.25. The van der Waals surface area contributed by atoms with Gasteiger partial charge in [0.2, 0.25) is 0 Å². The third kappa shape index (κ3) is 8.70. The van der Waals surface area contributed by atoms with Gasteiger partial charge in [-0.3, -0.25) is 29.3 Å². The van der Waals surface area contributed by atoms with Crippen molar-refractivity contribution in [2.24, 2.45) is 57.2 Å². The molecule has 21 aliphatic rings. The summed E-state index contributed by atoms with van der Waals surface area (Å²) in [5.41, 5.74) is -3.37. The first kappa shape index (κ1) is 69.8. The first-order valence-electron chi connectivity index (χ1n) is 33.6. The molecule has 19 saturated heterocycles. The van der Waals surface area contributed by atoms with Gasteiger partial charge in [0, 0.05) is 45.8 Å². The average Bonchev–Trinajstić information content (AvgIpc) is 1.45. The van der Waals surface area contributed by atoms with Crippen molar-refractivity contribution in [3.8, 4) is 0 Å². The van der Waals surface area contributed by atoms with Crippen molar-refractivity contribution in [1.82, 2.24) is 0 Å². The van der Waals surface area contributed by atoms with Gasteiger partial charge in [0.25, 0.3) is 70.8 Å². The molecule has 0 aromatic carbocycles. The van der Waals surface area contributed by atoms with Gasteiger partial charge in [0.05, 0.1) is 46.5 Å². The zero-order chi connectivity index (χ0) is 69.7. The minimum atomic E-state index is -3.39. The van der Waals surface area contributed by atoms with Crippen LogP contribution in [0.2, 0.25) is 0 Å². The Bertz CT molecular complexity index is 4120. The van der Waals surface area contributed by atoms with Crippen LogP contribution in [-0.4, -0.2) is 209 Å². The van der Waals surface area contributed by atoms with Crippen LogP contribution in [-0.2, 0) is 129 Å². The smallest absolute Gasteiger partial charge is 0.273 e. The molecule has 14 bridgehead atoms. The zero-order valence-electron chi connectivity index (χ0n) is 56.8. The Balaban J connectivity index is 0.0000000914. The molecule has 95 heavy (non-hydrogen) atoms. The van der Waals surface area contributed by atoms with Crippen LogP contribution < -0.4 is 0 Å². The lowest BCUT2D eigenvalue weighted by Crippen LogP contribution is -2.54. The van der Waals surface area contributed by atoms with Crippen LogP contribution in [0.1, 0.15) is 170 Å². The fourth-order valence-corrected chi connectivity index (χ4v) is 36.2. The average molecular weight is 1480 g/mol. The number of fused-ring (bicyclic) bond motifs is 7. The fraction of sp³-hybridized carbons (Fsp3) is 1.00. The number of rotatable bonds is 0. The molecule has 0 N–H and O–H groups in total. The predicted molar refractivity (Wildman–Crippen MR) is 334 cm³/mol. The van der Waals surface area contributed by atoms with Gasteiger partial charge in [-0.1, -0.05) is 83.1 Å². The monoisotopic (exact) mass is 1480 g/mol. The Morgan fingerprint density at radius 2 is 0.937 bits per heavy atom. The van der Waals surface area contributed by atoms with Crippen LogP contribution in [0.25, 0.3) is 0 Å². The summed E-state index contributed by atoms with van der Waals surface area (Å²) < 4.78 is 233. The van der Waals surface area contributed by atoms with Gasteiger partial charge < -0.3 is 28.4 Å². The first-order valence-corrected chi connectivity index (χ1v) is 43.9. The SMILES string of the molecule is CC1(C)C2CC3C(O2)C1OS3(=O)=O.CC1C2(C)CC3C1(C)C(C)(OS3(=O)=O)C2(C)C.CC1C2CC3C(C)(O2)C1OS3(=O)=O.CC1C2CC3C(O2)C1(C)OS3(=O)=O.CC1C2CC3C(O2)C1OS3(=O)=O.CC1C2OS(=O)(=O)C3CC1(C)OC23.CC1C2OS(=O)(=O)C3CC1(C)OC23C. The van der Waals surface area contributed by atoms with E-state index in [9.17, 15) is 58.9 Å². The molecule has 0 spiro atoms. The highest BCUT2D eigenvalue weighted by atomic mass is 32.2. The zero-order valence-corrected chi connectivity index (χ0v) is 62.6. The molecule has 0 radical (unpaired) electrons. The lowest BCUT2D eigenvalue weighted by Gasteiger charge is -2.49. The Labute approximate surface area is 560 Å². The normalized spacial score (nSPS) is 60.7. The minimum Gasteiger partial charge on any atom is -0.370 e. The first-order chi connectivity index (χ1) is 43.1. The molecule has 0 aromatic rings. The van der Waals surface area contributed by atoms with Gasteiger partial charge in [-0.05, 0) is 97.8 Å². The van der Waals surface area contributed by atoms with Crippen LogP contribution in [0.4, 0.5) is 0 Å². The van der Waals surface area contributed by atoms with Gasteiger partial charge in [-0.25, -0.2) is 0 Å². The molecule has 19 aliphatic heterocycles. The molecule has 34 heteroatoms. The van der Waals surface area contributed by atoms with Gasteiger partial charge in [-0.2, -0.15) is 58.9 Å². The van der Waals surface area contributed by atoms with Crippen molar-refractivity contribution in [3.05, 3.63) is 0 Å². The largest absolute Gasteiger partial charge is 0.370 e. The Morgan fingerprint density at radius 1 is 0.358 bits per heavy atom. The van der Waals surface area contributed by atoms with Crippen LogP contribution in [0.5, 0.6) is 0 Å². The summed E-state index contributed by atoms with van der Waals surface area (Å²) in [6.45, 7) is 36.5. The summed E-state index contributed by atoms with van der Waals surface area (Å²) >= 11 is 0. The summed E-state index contributed by atoms with van der Waals surface area (Å²) in [5, 5.41) is -2.77. The molecule has 34 atom stereocenters. The molecule has 2 aliphatic carbocycles. The van der Waals surface area contributed by atoms with Crippen molar-refractivity contribution in [3.63, 3.8) is 0 Å². The second-order valence-corrected chi connectivity index (χ2v) is 46.6. The maximum absolute atomic E-state index is 12.2. The lowest BCUT2D eigenvalue weighted by molar-refractivity contribution is -0.0920. The van der Waals surface area contributed by atoms with Crippen molar-refractivity contribution >= 4 is 70.8 Å². The van der Waals surface area contributed by atoms with Crippen molar-refractivity contribution in [2.75, 3.05) is 0 Å². The van der Waals surface area contributed by atoms with Crippen LogP contribution in [0.15, 0.2) is 0 Å². The molecule has 0 aromatic heterocycles. The molecule has 21 fully saturated rings. The number of hydrogen-bond acceptors (Lipinski definition) is 27. The third-order valence-electron chi connectivity index (χ3n) is 29.8. The minimum absolute atomic E-state index is 0.0464. The molecule has 0 amide bonds. The van der Waals surface area contributed by atoms with E-state index < -0.39 is 119 Å². The lowest BCUT2D eigenvalue weighted by atomic mass is 9.57. The number of ether oxygens (including phenoxy) is 6. The van der Waals surface area contributed by atoms with Gasteiger partial charge >= 0.3 is 0 Å². The summed E-state index contributed by atoms with van der Waals surface area (Å²) in [7, 11) is -23.4. The summed E-state index contributed by atoms with van der Waals surface area (Å²) in [6, 6.07) is 0. The van der Waals surface area contributed by atoms with E-state index in [2.05, 4.69) is 34.6 Å². The van der Waals surface area contributed by atoms with E-state index in [4.69, 9.17) is 57.7 Å². The fourth-order valence-electron chi connectivity index (χ4n) is 22.4. The maximum atomic E-state index is 12.2. The molecular formula is C61H94O27S7. The molecule has 21 rings (SSSR count). The molecule has 19 heterocycles. The van der Waals surface area contributed by atoms with Gasteiger partial charge in [-0.15, -0.1) is 0 Å². The van der Waals surface area contributed by atoms with Crippen molar-refractivity contribution in [2.45, 2.75) is 319 Å². The Kier molecular flexibility index (Phi) is 14.7. The van der Waals surface area contributed by atoms with Gasteiger partial charge in [0.1, 0.15) is 103 Å². The quantitative estimate of drug-likeness (QED) is 0.306. The van der Waals surface area contributed by atoms with Gasteiger partial charge in [0.15, 0.2) is 0 Å². The highest BCUT2D eigenvalue weighted by Gasteiger charge is 2.86. The highest BCUT2D eigenvalue weighted by molar-refractivity contribution is 7.89. The van der Waals surface area contributed by atoms with E-state index in [1.807, 2.05) is 90.0 Å². The maximum Gasteiger partial charge on any atom is 0.273 e. The van der Waals surface area contributed by atoms with Crippen molar-refractivity contribution < 1.29 is 117 Å². The van der Waals surface area contributed by atoms with E-state index >= 15 is 0 Å². The van der Waals surface area contributed by atoms with E-state index in [1.54, 1.807) is 0 Å². The standard InChI is InChI=1S/C13H22O3S.C9H14O4S.4C8H12O4S.C7H10O4S/c1-8-11(4)7-9-12(8,5)13(6,10(11,2)3)16-17(9,14)15;1-5-7-9(3)6(14(10,11)12-7)4-8(5,2)13-9;1-8(2)5-3-4-6(11-5)7(8)12-13(4,9)10;1-4-6-7-5(13(9,10)12-6)3-8(4,2)11-7;1-4-5-3-6-7(11-5)8(4,2)12-13(6,9)10;1-4-5-3-6-8(2,11-5)7(4)12-13(6,9)10;1-3-4-2-5-7(10-4)6(3)11-12(5,8)9/h8-9H,7H2,1-6H3;5-7H,4H2,1-3H3;4*4-7H,3H2,1-2H3;3-7H,2H2,1H3. The number of hydrogen-bond donors (Lipinski definition) is 0. The molecule has 542 valence electrons.